The molecular weight excluding hydrogens is 294 g/mol. The normalized spacial score (nSPS) is 15.3. The van der Waals surface area contributed by atoms with Crippen LogP contribution in [0.5, 0.6) is 0 Å². The summed E-state index contributed by atoms with van der Waals surface area (Å²) in [6.07, 6.45) is 1.49. The second-order valence-electron chi connectivity index (χ2n) is 5.69. The Morgan fingerprint density at radius 3 is 2.78 bits per heavy atom. The number of fused-ring (bicyclic) bond motifs is 1. The Kier molecular flexibility index (Phi) is 3.25. The van der Waals surface area contributed by atoms with E-state index in [1.54, 1.807) is 0 Å². The van der Waals surface area contributed by atoms with Crippen LogP contribution in [-0.2, 0) is 0 Å². The molecule has 1 saturated heterocycles. The molecule has 118 valence electrons. The summed E-state index contributed by atoms with van der Waals surface area (Å²) in [5, 5.41) is 7.67. The number of furan rings is 1. The smallest absolute Gasteiger partial charge is 0.289 e. The highest BCUT2D eigenvalue weighted by Crippen LogP contribution is 2.24. The predicted molar refractivity (Wildman–Crippen MR) is 85.5 cm³/mol. The zero-order valence-corrected chi connectivity index (χ0v) is 12.8. The van der Waals surface area contributed by atoms with Gasteiger partial charge in [0.2, 0.25) is 5.95 Å². The van der Waals surface area contributed by atoms with E-state index >= 15 is 0 Å². The summed E-state index contributed by atoms with van der Waals surface area (Å²) >= 11 is 0. The van der Waals surface area contributed by atoms with Crippen molar-refractivity contribution in [1.29, 1.82) is 0 Å². The lowest BCUT2D eigenvalue weighted by Gasteiger charge is -2.33. The van der Waals surface area contributed by atoms with Crippen molar-refractivity contribution in [3.63, 3.8) is 0 Å². The third-order valence-corrected chi connectivity index (χ3v) is 4.22. The molecule has 3 aromatic rings. The van der Waals surface area contributed by atoms with Gasteiger partial charge in [0, 0.05) is 31.6 Å². The molecule has 0 radical (unpaired) electrons. The van der Waals surface area contributed by atoms with E-state index in [-0.39, 0.29) is 5.91 Å². The van der Waals surface area contributed by atoms with Gasteiger partial charge >= 0.3 is 0 Å². The number of hydrogen-bond acceptors (Lipinski definition) is 5. The predicted octanol–water partition coefficient (Wildman–Crippen LogP) is 1.82. The van der Waals surface area contributed by atoms with Crippen LogP contribution in [0.3, 0.4) is 0 Å². The average molecular weight is 311 g/mol. The van der Waals surface area contributed by atoms with Gasteiger partial charge in [-0.15, -0.1) is 0 Å². The zero-order valence-electron chi connectivity index (χ0n) is 12.8. The first-order valence-corrected chi connectivity index (χ1v) is 7.61. The van der Waals surface area contributed by atoms with Gasteiger partial charge in [0.05, 0.1) is 0 Å². The van der Waals surface area contributed by atoms with E-state index in [0.717, 1.165) is 35.6 Å². The molecule has 0 spiro atoms. The van der Waals surface area contributed by atoms with E-state index < -0.39 is 0 Å². The van der Waals surface area contributed by atoms with Crippen molar-refractivity contribution in [2.24, 2.45) is 0 Å². The molecule has 7 heteroatoms. The zero-order chi connectivity index (χ0) is 15.8. The van der Waals surface area contributed by atoms with E-state index in [4.69, 9.17) is 4.42 Å². The molecule has 1 amide bonds. The molecule has 1 aliphatic heterocycles. The number of aromatic amines is 1. The third kappa shape index (κ3) is 2.44. The first-order chi connectivity index (χ1) is 11.2. The summed E-state index contributed by atoms with van der Waals surface area (Å²) in [7, 11) is 0. The minimum atomic E-state index is -0.0576. The lowest BCUT2D eigenvalue weighted by molar-refractivity contribution is 0.0716. The van der Waals surface area contributed by atoms with Crippen molar-refractivity contribution in [2.45, 2.75) is 6.92 Å². The number of hydrogen-bond donors (Lipinski definition) is 1. The van der Waals surface area contributed by atoms with Crippen LogP contribution >= 0.6 is 0 Å². The first-order valence-electron chi connectivity index (χ1n) is 7.61. The van der Waals surface area contributed by atoms with E-state index in [1.165, 1.54) is 6.33 Å². The maximum Gasteiger partial charge on any atom is 0.289 e. The van der Waals surface area contributed by atoms with Crippen molar-refractivity contribution >= 4 is 22.8 Å². The highest BCUT2D eigenvalue weighted by Gasteiger charge is 2.25. The standard InChI is InChI=1S/C16H17N5O2/c1-11-3-2-4-12-9-13(23-14(11)12)15(22)20-5-7-21(8-6-20)16-17-10-18-19-16/h2-4,9-10H,5-8H2,1H3,(H,17,18,19). The molecule has 1 N–H and O–H groups in total. The van der Waals surface area contributed by atoms with Gasteiger partial charge in [-0.3, -0.25) is 4.79 Å². The first kappa shape index (κ1) is 13.8. The summed E-state index contributed by atoms with van der Waals surface area (Å²) in [5.74, 6) is 1.09. The molecule has 7 nitrogen and oxygen atoms in total. The minimum absolute atomic E-state index is 0.0576. The van der Waals surface area contributed by atoms with Crippen LogP contribution in [0.1, 0.15) is 16.1 Å². The Labute approximate surface area is 132 Å². The molecule has 4 rings (SSSR count). The number of rotatable bonds is 2. The average Bonchev–Trinajstić information content (AvgIpc) is 3.24. The number of benzene rings is 1. The van der Waals surface area contributed by atoms with Crippen molar-refractivity contribution in [3.8, 4) is 0 Å². The number of nitrogens with zero attached hydrogens (tertiary/aromatic N) is 4. The highest BCUT2D eigenvalue weighted by atomic mass is 16.3. The van der Waals surface area contributed by atoms with Gasteiger partial charge in [0.15, 0.2) is 5.76 Å². The summed E-state index contributed by atoms with van der Waals surface area (Å²) in [6, 6.07) is 7.74. The van der Waals surface area contributed by atoms with Gasteiger partial charge in [-0.1, -0.05) is 18.2 Å². The third-order valence-electron chi connectivity index (χ3n) is 4.22. The molecule has 0 bridgehead atoms. The Bertz CT molecular complexity index is 831. The minimum Gasteiger partial charge on any atom is -0.451 e. The molecule has 1 aromatic carbocycles. The van der Waals surface area contributed by atoms with Crippen LogP contribution in [0.2, 0.25) is 0 Å². The van der Waals surface area contributed by atoms with E-state index in [9.17, 15) is 4.79 Å². The fourth-order valence-corrected chi connectivity index (χ4v) is 2.94. The molecule has 0 saturated carbocycles. The van der Waals surface area contributed by atoms with Crippen molar-refractivity contribution in [1.82, 2.24) is 20.1 Å². The van der Waals surface area contributed by atoms with Crippen LogP contribution in [0.4, 0.5) is 5.95 Å². The second-order valence-corrected chi connectivity index (χ2v) is 5.69. The summed E-state index contributed by atoms with van der Waals surface area (Å²) < 4.78 is 5.78. The van der Waals surface area contributed by atoms with Crippen molar-refractivity contribution in [2.75, 3.05) is 31.1 Å². The van der Waals surface area contributed by atoms with Crippen LogP contribution in [0.25, 0.3) is 11.0 Å². The van der Waals surface area contributed by atoms with Gasteiger partial charge in [-0.2, -0.15) is 10.1 Å². The van der Waals surface area contributed by atoms with Crippen molar-refractivity contribution in [3.05, 3.63) is 41.9 Å². The Balaban J connectivity index is 1.50. The Hall–Kier alpha value is -2.83. The fraction of sp³-hybridized carbons (Fsp3) is 0.312. The molecule has 0 atom stereocenters. The molecule has 2 aromatic heterocycles. The number of amides is 1. The summed E-state index contributed by atoms with van der Waals surface area (Å²) in [6.45, 7) is 4.70. The van der Waals surface area contributed by atoms with Gasteiger partial charge in [-0.25, -0.2) is 5.10 Å². The van der Waals surface area contributed by atoms with E-state index in [1.807, 2.05) is 36.1 Å². The van der Waals surface area contributed by atoms with E-state index in [2.05, 4.69) is 20.1 Å². The molecule has 0 unspecified atom stereocenters. The fourth-order valence-electron chi connectivity index (χ4n) is 2.94. The van der Waals surface area contributed by atoms with Crippen LogP contribution < -0.4 is 4.90 Å². The lowest BCUT2D eigenvalue weighted by atomic mass is 10.2. The van der Waals surface area contributed by atoms with Crippen LogP contribution in [0, 0.1) is 6.92 Å². The molecule has 3 heterocycles. The number of H-pyrrole nitrogens is 1. The molecular formula is C16H17N5O2. The SMILES string of the molecule is Cc1cccc2cc(C(=O)N3CCN(c4ncn[nH]4)CC3)oc12. The second kappa shape index (κ2) is 5.42. The van der Waals surface area contributed by atoms with Crippen molar-refractivity contribution < 1.29 is 9.21 Å². The maximum absolute atomic E-state index is 12.7. The topological polar surface area (TPSA) is 78.3 Å². The number of aryl methyl sites for hydroxylation is 1. The molecule has 1 fully saturated rings. The number of anilines is 1. The number of piperazine rings is 1. The van der Waals surface area contributed by atoms with E-state index in [0.29, 0.717) is 18.8 Å². The number of carbonyl (C=O) groups is 1. The van der Waals surface area contributed by atoms with Gasteiger partial charge in [0.1, 0.15) is 11.9 Å². The summed E-state index contributed by atoms with van der Waals surface area (Å²) in [4.78, 5) is 20.7. The molecule has 23 heavy (non-hydrogen) atoms. The van der Waals surface area contributed by atoms with Crippen LogP contribution in [0.15, 0.2) is 35.0 Å². The number of para-hydroxylation sites is 1. The quantitative estimate of drug-likeness (QED) is 0.781. The Morgan fingerprint density at radius 1 is 1.26 bits per heavy atom. The van der Waals surface area contributed by atoms with Gasteiger partial charge in [-0.05, 0) is 18.6 Å². The van der Waals surface area contributed by atoms with Crippen LogP contribution in [-0.4, -0.2) is 52.2 Å². The number of carbonyl (C=O) groups excluding carboxylic acids is 1. The highest BCUT2D eigenvalue weighted by molar-refractivity contribution is 5.96. The summed E-state index contributed by atoms with van der Waals surface area (Å²) in [5.41, 5.74) is 1.83. The molecule has 1 aliphatic rings. The maximum atomic E-state index is 12.7. The largest absolute Gasteiger partial charge is 0.451 e. The Morgan fingerprint density at radius 2 is 2.09 bits per heavy atom. The van der Waals surface area contributed by atoms with Gasteiger partial charge in [0.25, 0.3) is 5.91 Å². The monoisotopic (exact) mass is 311 g/mol. The van der Waals surface area contributed by atoms with Gasteiger partial charge < -0.3 is 14.2 Å². The molecule has 0 aliphatic carbocycles. The lowest BCUT2D eigenvalue weighted by Crippen LogP contribution is -2.49. The number of aromatic nitrogens is 3. The number of nitrogens with one attached hydrogen (secondary N) is 1.